The molecule has 0 spiro atoms. The van der Waals surface area contributed by atoms with Crippen molar-refractivity contribution in [3.8, 4) is 11.5 Å². The third-order valence-corrected chi connectivity index (χ3v) is 5.16. The van der Waals surface area contributed by atoms with Crippen LogP contribution in [0.4, 0.5) is 0 Å². The van der Waals surface area contributed by atoms with Crippen LogP contribution in [0.3, 0.4) is 0 Å². The molecule has 0 atom stereocenters. The molecule has 1 aromatic carbocycles. The van der Waals surface area contributed by atoms with Crippen LogP contribution in [0.2, 0.25) is 0 Å². The highest BCUT2D eigenvalue weighted by molar-refractivity contribution is 14.0. The van der Waals surface area contributed by atoms with Gasteiger partial charge in [-0.2, -0.15) is 0 Å². The van der Waals surface area contributed by atoms with Gasteiger partial charge in [-0.3, -0.25) is 4.99 Å². The van der Waals surface area contributed by atoms with Gasteiger partial charge >= 0.3 is 0 Å². The van der Waals surface area contributed by atoms with E-state index in [0.717, 1.165) is 30.0 Å². The number of hydrogen-bond donors (Lipinski definition) is 2. The molecular formula is C19H26IN3O2S. The summed E-state index contributed by atoms with van der Waals surface area (Å²) in [6, 6.07) is 10.3. The van der Waals surface area contributed by atoms with Crippen LogP contribution in [-0.2, 0) is 11.8 Å². The number of halogens is 1. The third-order valence-electron chi connectivity index (χ3n) is 4.23. The zero-order chi connectivity index (χ0) is 17.7. The SMILES string of the molecule is CC(C)(CN=C(N)NCCc1cccs1)c1ccc2c(c1)OCCO2.I. The lowest BCUT2D eigenvalue weighted by Gasteiger charge is -2.26. The monoisotopic (exact) mass is 487 g/mol. The van der Waals surface area contributed by atoms with Crippen LogP contribution in [0.1, 0.15) is 24.3 Å². The first-order valence-corrected chi connectivity index (χ1v) is 9.39. The van der Waals surface area contributed by atoms with Gasteiger partial charge in [0.15, 0.2) is 17.5 Å². The normalized spacial score (nSPS) is 13.8. The highest BCUT2D eigenvalue weighted by Crippen LogP contribution is 2.35. The van der Waals surface area contributed by atoms with Crippen molar-refractivity contribution < 1.29 is 9.47 Å². The summed E-state index contributed by atoms with van der Waals surface area (Å²) in [4.78, 5) is 5.86. The molecule has 1 aromatic heterocycles. The molecule has 0 fully saturated rings. The molecule has 1 aliphatic heterocycles. The molecule has 0 saturated heterocycles. The van der Waals surface area contributed by atoms with E-state index in [2.05, 4.69) is 47.7 Å². The number of nitrogens with two attached hydrogens (primary N) is 1. The second-order valence-corrected chi connectivity index (χ2v) is 7.73. The minimum atomic E-state index is -0.143. The van der Waals surface area contributed by atoms with Crippen LogP contribution in [0.25, 0.3) is 0 Å². The Labute approximate surface area is 176 Å². The molecule has 26 heavy (non-hydrogen) atoms. The van der Waals surface area contributed by atoms with E-state index in [0.29, 0.717) is 25.7 Å². The van der Waals surface area contributed by atoms with E-state index in [-0.39, 0.29) is 29.4 Å². The smallest absolute Gasteiger partial charge is 0.188 e. The molecule has 1 aliphatic rings. The van der Waals surface area contributed by atoms with Gasteiger partial charge in [0.05, 0.1) is 6.54 Å². The fourth-order valence-electron chi connectivity index (χ4n) is 2.66. The maximum absolute atomic E-state index is 6.01. The van der Waals surface area contributed by atoms with Crippen molar-refractivity contribution in [2.75, 3.05) is 26.3 Å². The van der Waals surface area contributed by atoms with Crippen molar-refractivity contribution in [3.05, 3.63) is 46.2 Å². The topological polar surface area (TPSA) is 68.9 Å². The van der Waals surface area contributed by atoms with Gasteiger partial charge in [0.1, 0.15) is 13.2 Å². The van der Waals surface area contributed by atoms with Gasteiger partial charge in [-0.25, -0.2) is 0 Å². The fourth-order valence-corrected chi connectivity index (χ4v) is 3.37. The molecule has 0 bridgehead atoms. The Balaban J connectivity index is 0.00000243. The summed E-state index contributed by atoms with van der Waals surface area (Å²) in [5.74, 6) is 2.11. The zero-order valence-electron chi connectivity index (χ0n) is 15.2. The number of ether oxygens (including phenoxy) is 2. The number of nitrogens with one attached hydrogen (secondary N) is 1. The lowest BCUT2D eigenvalue weighted by Crippen LogP contribution is -2.35. The summed E-state index contributed by atoms with van der Waals surface area (Å²) >= 11 is 1.76. The van der Waals surface area contributed by atoms with E-state index in [9.17, 15) is 0 Å². The Morgan fingerprint density at radius 1 is 1.23 bits per heavy atom. The molecule has 0 unspecified atom stereocenters. The molecule has 2 heterocycles. The Hall–Kier alpha value is -1.48. The van der Waals surface area contributed by atoms with Gasteiger partial charge < -0.3 is 20.5 Å². The second-order valence-electron chi connectivity index (χ2n) is 6.70. The lowest BCUT2D eigenvalue weighted by atomic mass is 9.84. The molecule has 0 saturated carbocycles. The van der Waals surface area contributed by atoms with Crippen molar-refractivity contribution in [3.63, 3.8) is 0 Å². The van der Waals surface area contributed by atoms with Crippen molar-refractivity contribution >= 4 is 41.3 Å². The van der Waals surface area contributed by atoms with Gasteiger partial charge in [-0.05, 0) is 35.6 Å². The molecule has 5 nitrogen and oxygen atoms in total. The predicted octanol–water partition coefficient (Wildman–Crippen LogP) is 3.56. The lowest BCUT2D eigenvalue weighted by molar-refractivity contribution is 0.171. The van der Waals surface area contributed by atoms with Crippen molar-refractivity contribution in [1.82, 2.24) is 5.32 Å². The molecule has 3 N–H and O–H groups in total. The number of aliphatic imine (C=N–C) groups is 1. The average molecular weight is 487 g/mol. The molecule has 142 valence electrons. The number of benzene rings is 1. The first-order valence-electron chi connectivity index (χ1n) is 8.51. The number of rotatable bonds is 6. The molecule has 2 aromatic rings. The van der Waals surface area contributed by atoms with E-state index < -0.39 is 0 Å². The Bertz CT molecular complexity index is 732. The highest BCUT2D eigenvalue weighted by atomic mass is 127. The van der Waals surface area contributed by atoms with E-state index in [1.165, 1.54) is 4.88 Å². The van der Waals surface area contributed by atoms with Gasteiger partial charge in [-0.15, -0.1) is 35.3 Å². The molecule has 0 radical (unpaired) electrons. The van der Waals surface area contributed by atoms with Crippen molar-refractivity contribution in [2.45, 2.75) is 25.7 Å². The number of thiophene rings is 1. The van der Waals surface area contributed by atoms with Gasteiger partial charge in [0.2, 0.25) is 0 Å². The van der Waals surface area contributed by atoms with Crippen LogP contribution in [0.5, 0.6) is 11.5 Å². The van der Waals surface area contributed by atoms with Crippen LogP contribution in [-0.4, -0.2) is 32.3 Å². The molecule has 0 aliphatic carbocycles. The minimum absolute atomic E-state index is 0. The highest BCUT2D eigenvalue weighted by Gasteiger charge is 2.23. The molecule has 0 amide bonds. The molecule has 3 rings (SSSR count). The zero-order valence-corrected chi connectivity index (χ0v) is 18.3. The Kier molecular flexibility index (Phi) is 7.57. The van der Waals surface area contributed by atoms with Crippen molar-refractivity contribution in [2.24, 2.45) is 10.7 Å². The van der Waals surface area contributed by atoms with E-state index in [4.69, 9.17) is 15.2 Å². The summed E-state index contributed by atoms with van der Waals surface area (Å²) in [6.07, 6.45) is 0.958. The first kappa shape index (κ1) is 20.8. The van der Waals surface area contributed by atoms with Gasteiger partial charge in [-0.1, -0.05) is 26.0 Å². The maximum atomic E-state index is 6.01. The van der Waals surface area contributed by atoms with E-state index in [1.807, 2.05) is 12.1 Å². The second kappa shape index (κ2) is 9.45. The predicted molar refractivity (Wildman–Crippen MR) is 118 cm³/mol. The number of nitrogens with zero attached hydrogens (tertiary/aromatic N) is 1. The van der Waals surface area contributed by atoms with Gasteiger partial charge in [0, 0.05) is 16.8 Å². The Morgan fingerprint density at radius 2 is 2.00 bits per heavy atom. The van der Waals surface area contributed by atoms with Crippen LogP contribution in [0, 0.1) is 0 Å². The Morgan fingerprint density at radius 3 is 2.73 bits per heavy atom. The third kappa shape index (κ3) is 5.51. The average Bonchev–Trinajstić information content (AvgIpc) is 3.13. The van der Waals surface area contributed by atoms with Gasteiger partial charge in [0.25, 0.3) is 0 Å². The first-order chi connectivity index (χ1) is 12.0. The standard InChI is InChI=1S/C19H25N3O2S.HI/c1-19(2,14-5-6-16-17(12-14)24-10-9-23-16)13-22-18(20)21-8-7-15-4-3-11-25-15;/h3-6,11-12H,7-10,13H2,1-2H3,(H3,20,21,22);1H. The molecular weight excluding hydrogens is 461 g/mol. The van der Waals surface area contributed by atoms with Crippen LogP contribution < -0.4 is 20.5 Å². The maximum Gasteiger partial charge on any atom is 0.188 e. The fraction of sp³-hybridized carbons (Fsp3) is 0.421. The number of guanidine groups is 1. The summed E-state index contributed by atoms with van der Waals surface area (Å²) in [7, 11) is 0. The summed E-state index contributed by atoms with van der Waals surface area (Å²) in [5.41, 5.74) is 7.02. The quantitative estimate of drug-likeness (QED) is 0.372. The number of fused-ring (bicyclic) bond motifs is 1. The number of hydrogen-bond acceptors (Lipinski definition) is 4. The minimum Gasteiger partial charge on any atom is -0.486 e. The van der Waals surface area contributed by atoms with Crippen LogP contribution in [0.15, 0.2) is 40.7 Å². The van der Waals surface area contributed by atoms with Crippen LogP contribution >= 0.6 is 35.3 Å². The summed E-state index contributed by atoms with van der Waals surface area (Å²) in [5, 5.41) is 5.27. The van der Waals surface area contributed by atoms with E-state index >= 15 is 0 Å². The van der Waals surface area contributed by atoms with Crippen molar-refractivity contribution in [1.29, 1.82) is 0 Å². The summed E-state index contributed by atoms with van der Waals surface area (Å²) < 4.78 is 11.3. The summed E-state index contributed by atoms with van der Waals surface area (Å²) in [6.45, 7) is 6.90. The van der Waals surface area contributed by atoms with E-state index in [1.54, 1.807) is 11.3 Å². The molecule has 7 heteroatoms. The largest absolute Gasteiger partial charge is 0.486 e.